The van der Waals surface area contributed by atoms with Crippen molar-refractivity contribution in [3.05, 3.63) is 35.9 Å². The Hall–Kier alpha value is -0.450. The van der Waals surface area contributed by atoms with E-state index in [1.54, 1.807) is 0 Å². The Labute approximate surface area is 144 Å². The molecule has 12 nitrogen and oxygen atoms in total. The van der Waals surface area contributed by atoms with Crippen molar-refractivity contribution < 1.29 is 57.7 Å². The van der Waals surface area contributed by atoms with Gasteiger partial charge in [-0.05, 0) is 18.4 Å². The van der Waals surface area contributed by atoms with Crippen LogP contribution in [0.4, 0.5) is 0 Å². The molecule has 0 fully saturated rings. The van der Waals surface area contributed by atoms with E-state index in [1.165, 1.54) is 24.8 Å². The topological polar surface area (TPSA) is 233 Å². The minimum absolute atomic E-state index is 1.23. The van der Waals surface area contributed by atoms with E-state index >= 15 is 0 Å². The van der Waals surface area contributed by atoms with Crippen molar-refractivity contribution in [2.24, 2.45) is 0 Å². The molecule has 0 amide bonds. The average molecular weight is 428 g/mol. The Morgan fingerprint density at radius 3 is 1.20 bits per heavy atom. The monoisotopic (exact) mass is 428 g/mol. The first-order valence-electron chi connectivity index (χ1n) is 6.32. The molecule has 0 saturated heterocycles. The van der Waals surface area contributed by atoms with Crippen molar-refractivity contribution in [3.8, 4) is 0 Å². The maximum absolute atomic E-state index is 8.88. The molecule has 0 aromatic heterocycles. The highest BCUT2D eigenvalue weighted by Gasteiger charge is 2.01. The fraction of sp³-hybridized carbons (Fsp3) is 0.400. The first-order valence-corrected chi connectivity index (χ1v) is 11.0. The molecule has 0 unspecified atom stereocenters. The van der Waals surface area contributed by atoms with Crippen molar-refractivity contribution in [3.63, 3.8) is 0 Å². The predicted molar refractivity (Wildman–Crippen MR) is 87.8 cm³/mol. The zero-order valence-corrected chi connectivity index (χ0v) is 15.8. The lowest BCUT2D eigenvalue weighted by Crippen LogP contribution is -1.81. The Morgan fingerprint density at radius 2 is 0.960 bits per heavy atom. The van der Waals surface area contributed by atoms with Crippen molar-refractivity contribution >= 4 is 23.5 Å². The van der Waals surface area contributed by atoms with Gasteiger partial charge in [-0.1, -0.05) is 43.7 Å². The number of hydrogen-bond acceptors (Lipinski definition) is 3. The number of rotatable bonds is 3. The highest BCUT2D eigenvalue weighted by Crippen LogP contribution is 2.26. The molecule has 0 atom stereocenters. The lowest BCUT2D eigenvalue weighted by atomic mass is 10.1. The van der Waals surface area contributed by atoms with E-state index in [2.05, 4.69) is 37.3 Å². The van der Waals surface area contributed by atoms with Crippen LogP contribution in [0, 0.1) is 0 Å². The predicted octanol–water partition coefficient (Wildman–Crippen LogP) is 0.243. The maximum atomic E-state index is 8.88. The SMILES string of the molecule is CCCCc1ccccc1.O=P(O)(O)O.O=P(O)(O)O.O=P(O)(O)O. The molecule has 0 spiro atoms. The Balaban J connectivity index is -0.000000279. The Kier molecular flexibility index (Phi) is 17.2. The summed E-state index contributed by atoms with van der Waals surface area (Å²) in [6, 6.07) is 10.6. The van der Waals surface area contributed by atoms with E-state index in [4.69, 9.17) is 57.7 Å². The molecule has 1 rings (SSSR count). The fourth-order valence-corrected chi connectivity index (χ4v) is 1.03. The molecule has 9 N–H and O–H groups in total. The highest BCUT2D eigenvalue weighted by atomic mass is 31.2. The maximum Gasteiger partial charge on any atom is 0.466 e. The Bertz CT molecular complexity index is 487. The highest BCUT2D eigenvalue weighted by molar-refractivity contribution is 7.45. The summed E-state index contributed by atoms with van der Waals surface area (Å²) in [5, 5.41) is 0. The zero-order chi connectivity index (χ0) is 20.7. The van der Waals surface area contributed by atoms with Crippen molar-refractivity contribution in [1.29, 1.82) is 0 Å². The molecule has 1 aromatic carbocycles. The molecule has 0 saturated carbocycles. The minimum atomic E-state index is -4.64. The number of hydrogen-bond donors (Lipinski definition) is 9. The number of unbranched alkanes of at least 4 members (excludes halogenated alkanes) is 1. The molecule has 0 aliphatic carbocycles. The van der Waals surface area contributed by atoms with Gasteiger partial charge >= 0.3 is 23.5 Å². The largest absolute Gasteiger partial charge is 0.466 e. The quantitative estimate of drug-likeness (QED) is 0.295. The van der Waals surface area contributed by atoms with Gasteiger partial charge in [0.05, 0.1) is 0 Å². The van der Waals surface area contributed by atoms with Crippen LogP contribution in [0.2, 0.25) is 0 Å². The Morgan fingerprint density at radius 1 is 0.680 bits per heavy atom. The van der Waals surface area contributed by atoms with Gasteiger partial charge in [-0.15, -0.1) is 0 Å². The van der Waals surface area contributed by atoms with Crippen molar-refractivity contribution in [1.82, 2.24) is 0 Å². The molecule has 0 aliphatic rings. The molecule has 0 bridgehead atoms. The van der Waals surface area contributed by atoms with Crippen molar-refractivity contribution in [2.75, 3.05) is 0 Å². The molecule has 1 aromatic rings. The van der Waals surface area contributed by atoms with E-state index in [1.807, 2.05) is 0 Å². The van der Waals surface area contributed by atoms with E-state index in [9.17, 15) is 0 Å². The van der Waals surface area contributed by atoms with Crippen LogP contribution in [-0.4, -0.2) is 44.0 Å². The first kappa shape index (κ1) is 29.3. The van der Waals surface area contributed by atoms with E-state index in [0.717, 1.165) is 0 Å². The molecule has 15 heteroatoms. The summed E-state index contributed by atoms with van der Waals surface area (Å²) in [5.74, 6) is 0. The average Bonchev–Trinajstić information content (AvgIpc) is 2.31. The van der Waals surface area contributed by atoms with Crippen molar-refractivity contribution in [2.45, 2.75) is 26.2 Å². The fourth-order valence-electron chi connectivity index (χ4n) is 1.03. The van der Waals surface area contributed by atoms with Crippen LogP contribution in [0.5, 0.6) is 0 Å². The van der Waals surface area contributed by atoms with Crippen LogP contribution in [0.15, 0.2) is 30.3 Å². The number of benzene rings is 1. The smallest absolute Gasteiger partial charge is 0.303 e. The summed E-state index contributed by atoms with van der Waals surface area (Å²) in [7, 11) is -13.9. The molecule has 0 aliphatic heterocycles. The molecule has 150 valence electrons. The third kappa shape index (κ3) is 82.0. The van der Waals surface area contributed by atoms with Gasteiger partial charge in [0.15, 0.2) is 0 Å². The third-order valence-electron chi connectivity index (χ3n) is 1.66. The van der Waals surface area contributed by atoms with E-state index < -0.39 is 23.5 Å². The van der Waals surface area contributed by atoms with Gasteiger partial charge in [-0.2, -0.15) is 0 Å². The molecule has 0 radical (unpaired) electrons. The third-order valence-corrected chi connectivity index (χ3v) is 1.66. The van der Waals surface area contributed by atoms with Gasteiger partial charge in [0.1, 0.15) is 0 Å². The van der Waals surface area contributed by atoms with Crippen LogP contribution in [0.1, 0.15) is 25.3 Å². The summed E-state index contributed by atoms with van der Waals surface area (Å²) >= 11 is 0. The summed E-state index contributed by atoms with van der Waals surface area (Å²) < 4.78 is 26.6. The van der Waals surface area contributed by atoms with Gasteiger partial charge in [0.25, 0.3) is 0 Å². The van der Waals surface area contributed by atoms with Crippen LogP contribution >= 0.6 is 23.5 Å². The molecular formula is C10H23O12P3. The van der Waals surface area contributed by atoms with E-state index in [0.29, 0.717) is 0 Å². The summed E-state index contributed by atoms with van der Waals surface area (Å²) in [4.78, 5) is 64.7. The lowest BCUT2D eigenvalue weighted by molar-refractivity contribution is 0.272. The lowest BCUT2D eigenvalue weighted by Gasteiger charge is -1.96. The summed E-state index contributed by atoms with van der Waals surface area (Å²) in [5.41, 5.74) is 1.46. The summed E-state index contributed by atoms with van der Waals surface area (Å²) in [6.45, 7) is 2.23. The van der Waals surface area contributed by atoms with Gasteiger partial charge in [0.2, 0.25) is 0 Å². The molecule has 25 heavy (non-hydrogen) atoms. The number of aryl methyl sites for hydroxylation is 1. The van der Waals surface area contributed by atoms with Gasteiger partial charge < -0.3 is 44.0 Å². The van der Waals surface area contributed by atoms with Crippen LogP contribution in [-0.2, 0) is 20.1 Å². The minimum Gasteiger partial charge on any atom is -0.303 e. The second kappa shape index (κ2) is 14.7. The van der Waals surface area contributed by atoms with E-state index in [-0.39, 0.29) is 0 Å². The van der Waals surface area contributed by atoms with Crippen LogP contribution < -0.4 is 0 Å². The van der Waals surface area contributed by atoms with Crippen LogP contribution in [0.3, 0.4) is 0 Å². The first-order chi connectivity index (χ1) is 10.9. The normalized spacial score (nSPS) is 11.0. The molecular weight excluding hydrogens is 405 g/mol. The second-order valence-electron chi connectivity index (χ2n) is 4.13. The standard InChI is InChI=1S/C10H14.3H3O4P/c1-2-3-7-10-8-5-4-6-9-10;3*1-5(2,3)4/h4-6,8-9H,2-3,7H2,1H3;3*(H3,1,2,3,4). The summed E-state index contributed by atoms with van der Waals surface area (Å²) in [6.07, 6.45) is 3.83. The van der Waals surface area contributed by atoms with Gasteiger partial charge in [-0.25, -0.2) is 13.7 Å². The number of phosphoric acid groups is 3. The van der Waals surface area contributed by atoms with Gasteiger partial charge in [0, 0.05) is 0 Å². The van der Waals surface area contributed by atoms with Gasteiger partial charge in [-0.3, -0.25) is 0 Å². The zero-order valence-electron chi connectivity index (χ0n) is 13.1. The second-order valence-corrected chi connectivity index (χ2v) is 7.21. The molecule has 0 heterocycles. The van der Waals surface area contributed by atoms with Crippen LogP contribution in [0.25, 0.3) is 0 Å².